The Hall–Kier alpha value is -2.87. The van der Waals surface area contributed by atoms with Gasteiger partial charge >= 0.3 is 0 Å². The van der Waals surface area contributed by atoms with Crippen molar-refractivity contribution in [1.29, 1.82) is 0 Å². The number of carbonyl (C=O) groups is 1. The minimum absolute atomic E-state index is 0.314. The molecule has 0 spiro atoms. The van der Waals surface area contributed by atoms with Gasteiger partial charge in [0.2, 0.25) is 0 Å². The first-order chi connectivity index (χ1) is 11.2. The fraction of sp³-hybridized carbons (Fsp3) is 0.267. The lowest BCUT2D eigenvalue weighted by atomic mass is 10.1. The van der Waals surface area contributed by atoms with Crippen molar-refractivity contribution in [3.8, 4) is 11.5 Å². The third-order valence-corrected chi connectivity index (χ3v) is 3.82. The van der Waals surface area contributed by atoms with Crippen molar-refractivity contribution < 1.29 is 13.9 Å². The number of anilines is 1. The molecule has 8 heteroatoms. The molecule has 3 aromatic rings. The molecule has 8 nitrogen and oxygen atoms in total. The fourth-order valence-electron chi connectivity index (χ4n) is 2.66. The van der Waals surface area contributed by atoms with Crippen LogP contribution < -0.4 is 5.32 Å². The van der Waals surface area contributed by atoms with Crippen molar-refractivity contribution in [2.45, 2.75) is 13.0 Å². The van der Waals surface area contributed by atoms with Crippen LogP contribution in [0, 0.1) is 0 Å². The number of aromatic nitrogens is 4. The predicted molar refractivity (Wildman–Crippen MR) is 80.8 cm³/mol. The van der Waals surface area contributed by atoms with Crippen LogP contribution in [0.15, 0.2) is 29.1 Å². The maximum absolute atomic E-state index is 12.4. The third kappa shape index (κ3) is 2.42. The molecule has 1 amide bonds. The number of ether oxygens (including phenoxy) is 1. The second-order valence-corrected chi connectivity index (χ2v) is 5.35. The van der Waals surface area contributed by atoms with Crippen LogP contribution >= 0.6 is 0 Å². The van der Waals surface area contributed by atoms with Gasteiger partial charge in [-0.2, -0.15) is 5.10 Å². The average Bonchev–Trinajstić information content (AvgIpc) is 3.26. The number of furan rings is 1. The van der Waals surface area contributed by atoms with Crippen molar-refractivity contribution in [1.82, 2.24) is 19.7 Å². The molecule has 0 atom stereocenters. The van der Waals surface area contributed by atoms with E-state index in [0.29, 0.717) is 31.2 Å². The standard InChI is InChI=1S/C15H15N5O3/c1-20-4-3-16-14(20)11-6-12(19-18-11)17-15(21)13-10-2-5-22-7-9(10)8-23-13/h3-4,6,8H,2,5,7H2,1H3,(H2,17,18,19,21). The third-order valence-electron chi connectivity index (χ3n) is 3.82. The van der Waals surface area contributed by atoms with E-state index in [1.807, 2.05) is 17.8 Å². The van der Waals surface area contributed by atoms with Crippen molar-refractivity contribution in [2.24, 2.45) is 7.05 Å². The van der Waals surface area contributed by atoms with Gasteiger partial charge in [-0.3, -0.25) is 9.89 Å². The summed E-state index contributed by atoms with van der Waals surface area (Å²) < 4.78 is 12.6. The zero-order valence-electron chi connectivity index (χ0n) is 12.5. The molecule has 0 fully saturated rings. The van der Waals surface area contributed by atoms with Gasteiger partial charge in [0.15, 0.2) is 17.4 Å². The first kappa shape index (κ1) is 13.8. The molecule has 2 N–H and O–H groups in total. The number of hydrogen-bond acceptors (Lipinski definition) is 5. The number of nitrogens with zero attached hydrogens (tertiary/aromatic N) is 3. The molecular formula is C15H15N5O3. The van der Waals surface area contributed by atoms with E-state index in [1.54, 1.807) is 18.5 Å². The van der Waals surface area contributed by atoms with Gasteiger partial charge in [0.25, 0.3) is 5.91 Å². The summed E-state index contributed by atoms with van der Waals surface area (Å²) in [6, 6.07) is 1.73. The molecular weight excluding hydrogens is 298 g/mol. The minimum atomic E-state index is -0.314. The summed E-state index contributed by atoms with van der Waals surface area (Å²) >= 11 is 0. The van der Waals surface area contributed by atoms with E-state index >= 15 is 0 Å². The molecule has 0 aromatic carbocycles. The Morgan fingerprint density at radius 3 is 3.22 bits per heavy atom. The summed E-state index contributed by atoms with van der Waals surface area (Å²) in [6.45, 7) is 1.08. The molecule has 23 heavy (non-hydrogen) atoms. The molecule has 0 unspecified atom stereocenters. The average molecular weight is 313 g/mol. The summed E-state index contributed by atoms with van der Waals surface area (Å²) in [5, 5.41) is 9.71. The van der Waals surface area contributed by atoms with Crippen molar-refractivity contribution >= 4 is 11.7 Å². The second-order valence-electron chi connectivity index (χ2n) is 5.35. The Balaban J connectivity index is 1.55. The van der Waals surface area contributed by atoms with E-state index in [-0.39, 0.29) is 5.91 Å². The lowest BCUT2D eigenvalue weighted by molar-refractivity contribution is 0.0988. The number of fused-ring (bicyclic) bond motifs is 1. The molecule has 0 saturated carbocycles. The summed E-state index contributed by atoms with van der Waals surface area (Å²) in [5.41, 5.74) is 2.56. The molecule has 0 radical (unpaired) electrons. The van der Waals surface area contributed by atoms with E-state index in [2.05, 4.69) is 20.5 Å². The van der Waals surface area contributed by atoms with E-state index in [1.165, 1.54) is 0 Å². The lowest BCUT2D eigenvalue weighted by Crippen LogP contribution is -2.16. The van der Waals surface area contributed by atoms with Gasteiger partial charge in [-0.1, -0.05) is 0 Å². The Morgan fingerprint density at radius 1 is 1.48 bits per heavy atom. The summed E-state index contributed by atoms with van der Waals surface area (Å²) in [7, 11) is 1.89. The van der Waals surface area contributed by atoms with Gasteiger partial charge in [-0.05, 0) is 0 Å². The summed E-state index contributed by atoms with van der Waals surface area (Å²) in [5.74, 6) is 1.17. The topological polar surface area (TPSA) is 98.0 Å². The number of aryl methyl sites for hydroxylation is 1. The highest BCUT2D eigenvalue weighted by Gasteiger charge is 2.23. The van der Waals surface area contributed by atoms with Gasteiger partial charge in [0, 0.05) is 43.1 Å². The van der Waals surface area contributed by atoms with Crippen molar-refractivity contribution in [3.63, 3.8) is 0 Å². The Morgan fingerprint density at radius 2 is 2.39 bits per heavy atom. The summed E-state index contributed by atoms with van der Waals surface area (Å²) in [4.78, 5) is 16.6. The van der Waals surface area contributed by atoms with Gasteiger partial charge in [-0.25, -0.2) is 4.98 Å². The molecule has 1 aliphatic heterocycles. The van der Waals surface area contributed by atoms with Crippen LogP contribution in [0.25, 0.3) is 11.5 Å². The van der Waals surface area contributed by atoms with E-state index in [4.69, 9.17) is 9.15 Å². The van der Waals surface area contributed by atoms with E-state index in [0.717, 1.165) is 22.6 Å². The van der Waals surface area contributed by atoms with Gasteiger partial charge in [0.05, 0.1) is 19.5 Å². The normalized spacial score (nSPS) is 13.8. The molecule has 0 aliphatic carbocycles. The Kier molecular flexibility index (Phi) is 3.23. The largest absolute Gasteiger partial charge is 0.458 e. The number of rotatable bonds is 3. The molecule has 0 bridgehead atoms. The maximum Gasteiger partial charge on any atom is 0.292 e. The summed E-state index contributed by atoms with van der Waals surface area (Å²) in [6.07, 6.45) is 5.79. The molecule has 118 valence electrons. The van der Waals surface area contributed by atoms with Crippen molar-refractivity contribution in [3.05, 3.63) is 41.6 Å². The number of aromatic amines is 1. The second kappa shape index (κ2) is 5.40. The van der Waals surface area contributed by atoms with Gasteiger partial charge in [-0.15, -0.1) is 0 Å². The van der Waals surface area contributed by atoms with Crippen LogP contribution in [0.1, 0.15) is 21.7 Å². The van der Waals surface area contributed by atoms with Crippen LogP contribution in [0.2, 0.25) is 0 Å². The smallest absolute Gasteiger partial charge is 0.292 e. The van der Waals surface area contributed by atoms with E-state index in [9.17, 15) is 4.79 Å². The SMILES string of the molecule is Cn1ccnc1-c1cc(NC(=O)c2occ3c2CCOC3)n[nH]1. The molecule has 4 heterocycles. The highest BCUT2D eigenvalue weighted by Crippen LogP contribution is 2.24. The molecule has 1 aliphatic rings. The highest BCUT2D eigenvalue weighted by atomic mass is 16.5. The highest BCUT2D eigenvalue weighted by molar-refractivity contribution is 6.03. The first-order valence-electron chi connectivity index (χ1n) is 7.24. The van der Waals surface area contributed by atoms with E-state index < -0.39 is 0 Å². The number of hydrogen-bond donors (Lipinski definition) is 2. The Labute approximate surface area is 131 Å². The van der Waals surface area contributed by atoms with Crippen molar-refractivity contribution in [2.75, 3.05) is 11.9 Å². The van der Waals surface area contributed by atoms with Crippen LogP contribution in [0.4, 0.5) is 5.82 Å². The Bertz CT molecular complexity index is 860. The van der Waals surface area contributed by atoms with Crippen LogP contribution in [0.5, 0.6) is 0 Å². The predicted octanol–water partition coefficient (Wildman–Crippen LogP) is 1.73. The van der Waals surface area contributed by atoms with Gasteiger partial charge in [0.1, 0.15) is 5.69 Å². The molecule has 4 rings (SSSR count). The van der Waals surface area contributed by atoms with Crippen LogP contribution in [0.3, 0.4) is 0 Å². The number of amides is 1. The fourth-order valence-corrected chi connectivity index (χ4v) is 2.66. The van der Waals surface area contributed by atoms with Gasteiger partial charge < -0.3 is 19.0 Å². The zero-order valence-corrected chi connectivity index (χ0v) is 12.5. The lowest BCUT2D eigenvalue weighted by Gasteiger charge is -2.11. The molecule has 3 aromatic heterocycles. The quantitative estimate of drug-likeness (QED) is 0.767. The number of nitrogens with one attached hydrogen (secondary N) is 2. The first-order valence-corrected chi connectivity index (χ1v) is 7.24. The minimum Gasteiger partial charge on any atom is -0.458 e. The van der Waals surface area contributed by atoms with Crippen LogP contribution in [-0.2, 0) is 24.8 Å². The number of imidazole rings is 1. The number of H-pyrrole nitrogens is 1. The number of carbonyl (C=O) groups excluding carboxylic acids is 1. The zero-order chi connectivity index (χ0) is 15.8. The monoisotopic (exact) mass is 313 g/mol. The molecule has 0 saturated heterocycles. The van der Waals surface area contributed by atoms with Crippen LogP contribution in [-0.4, -0.2) is 32.3 Å². The maximum atomic E-state index is 12.4.